The highest BCUT2D eigenvalue weighted by Gasteiger charge is 2.25. The number of hydrogen-bond donors (Lipinski definition) is 1. The van der Waals surface area contributed by atoms with E-state index in [1.165, 1.54) is 24.2 Å². The van der Waals surface area contributed by atoms with Gasteiger partial charge in [0.25, 0.3) is 5.91 Å². The SMILES string of the molecule is Cc1cc(C(=O)NC2CCCCC2Br)sc1Br. The van der Waals surface area contributed by atoms with Crippen LogP contribution in [0.3, 0.4) is 0 Å². The van der Waals surface area contributed by atoms with Crippen LogP contribution in [0.4, 0.5) is 0 Å². The Hall–Kier alpha value is 0.130. The van der Waals surface area contributed by atoms with E-state index in [1.807, 2.05) is 13.0 Å². The minimum Gasteiger partial charge on any atom is -0.347 e. The lowest BCUT2D eigenvalue weighted by Crippen LogP contribution is -2.42. The topological polar surface area (TPSA) is 29.1 Å². The predicted octanol–water partition coefficient (Wildman–Crippen LogP) is 4.25. The molecule has 5 heteroatoms. The minimum atomic E-state index is 0.0557. The summed E-state index contributed by atoms with van der Waals surface area (Å²) in [5, 5.41) is 3.13. The summed E-state index contributed by atoms with van der Waals surface area (Å²) in [4.78, 5) is 13.3. The van der Waals surface area contributed by atoms with Crippen LogP contribution in [0.2, 0.25) is 0 Å². The molecular formula is C12H15Br2NOS. The van der Waals surface area contributed by atoms with Crippen molar-refractivity contribution >= 4 is 49.1 Å². The molecule has 1 N–H and O–H groups in total. The Morgan fingerprint density at radius 3 is 2.76 bits per heavy atom. The summed E-state index contributed by atoms with van der Waals surface area (Å²) in [6, 6.07) is 2.22. The van der Waals surface area contributed by atoms with E-state index in [0.717, 1.165) is 27.1 Å². The Bertz CT molecular complexity index is 399. The first-order valence-electron chi connectivity index (χ1n) is 5.79. The molecule has 2 atom stereocenters. The fourth-order valence-corrected chi connectivity index (χ4v) is 4.22. The van der Waals surface area contributed by atoms with Crippen molar-refractivity contribution in [1.82, 2.24) is 5.32 Å². The highest BCUT2D eigenvalue weighted by molar-refractivity contribution is 9.11. The molecule has 1 heterocycles. The van der Waals surface area contributed by atoms with E-state index in [-0.39, 0.29) is 11.9 Å². The molecule has 1 saturated carbocycles. The lowest BCUT2D eigenvalue weighted by Gasteiger charge is -2.27. The molecule has 1 fully saturated rings. The van der Waals surface area contributed by atoms with Gasteiger partial charge in [-0.15, -0.1) is 11.3 Å². The van der Waals surface area contributed by atoms with E-state index in [2.05, 4.69) is 37.2 Å². The summed E-state index contributed by atoms with van der Waals surface area (Å²) < 4.78 is 1.04. The van der Waals surface area contributed by atoms with Crippen molar-refractivity contribution < 1.29 is 4.79 Å². The molecule has 2 rings (SSSR count). The van der Waals surface area contributed by atoms with Gasteiger partial charge in [-0.25, -0.2) is 0 Å². The summed E-state index contributed by atoms with van der Waals surface area (Å²) in [5.41, 5.74) is 1.12. The first kappa shape index (κ1) is 13.6. The molecule has 1 aromatic heterocycles. The number of carbonyl (C=O) groups excluding carboxylic acids is 1. The molecule has 0 aromatic carbocycles. The van der Waals surface area contributed by atoms with Gasteiger partial charge in [-0.1, -0.05) is 28.8 Å². The zero-order valence-corrected chi connectivity index (χ0v) is 13.6. The number of halogens is 2. The van der Waals surface area contributed by atoms with E-state index in [9.17, 15) is 4.79 Å². The Morgan fingerprint density at radius 1 is 1.47 bits per heavy atom. The number of rotatable bonds is 2. The molecule has 1 aliphatic carbocycles. The number of hydrogen-bond acceptors (Lipinski definition) is 2. The number of aryl methyl sites for hydroxylation is 1. The van der Waals surface area contributed by atoms with Gasteiger partial charge in [-0.2, -0.15) is 0 Å². The average Bonchev–Trinajstić information content (AvgIpc) is 2.63. The number of nitrogens with one attached hydrogen (secondary N) is 1. The minimum absolute atomic E-state index is 0.0557. The molecule has 2 nitrogen and oxygen atoms in total. The van der Waals surface area contributed by atoms with Crippen LogP contribution in [0, 0.1) is 6.92 Å². The molecule has 0 saturated heterocycles. The third-order valence-electron chi connectivity index (χ3n) is 3.08. The zero-order valence-electron chi connectivity index (χ0n) is 9.63. The van der Waals surface area contributed by atoms with Gasteiger partial charge < -0.3 is 5.32 Å². The second-order valence-electron chi connectivity index (χ2n) is 4.45. The molecular weight excluding hydrogens is 366 g/mol. The second-order valence-corrected chi connectivity index (χ2v) is 7.99. The fraction of sp³-hybridized carbons (Fsp3) is 0.583. The lowest BCUT2D eigenvalue weighted by atomic mass is 9.95. The van der Waals surface area contributed by atoms with Crippen LogP contribution in [0.1, 0.15) is 40.9 Å². The Kier molecular flexibility index (Phi) is 4.66. The fourth-order valence-electron chi connectivity index (χ4n) is 2.06. The van der Waals surface area contributed by atoms with Crippen LogP contribution < -0.4 is 5.32 Å². The zero-order chi connectivity index (χ0) is 12.4. The van der Waals surface area contributed by atoms with Gasteiger partial charge in [0.15, 0.2) is 0 Å². The van der Waals surface area contributed by atoms with Crippen molar-refractivity contribution in [2.45, 2.75) is 43.5 Å². The van der Waals surface area contributed by atoms with Gasteiger partial charge in [-0.3, -0.25) is 4.79 Å². The highest BCUT2D eigenvalue weighted by atomic mass is 79.9. The molecule has 0 aliphatic heterocycles. The van der Waals surface area contributed by atoms with Crippen molar-refractivity contribution in [3.63, 3.8) is 0 Å². The third kappa shape index (κ3) is 3.32. The lowest BCUT2D eigenvalue weighted by molar-refractivity contribution is 0.0934. The standard InChI is InChI=1S/C12H15Br2NOS/c1-7-6-10(17-11(7)14)12(16)15-9-5-3-2-4-8(9)13/h6,8-9H,2-5H2,1H3,(H,15,16). The number of alkyl halides is 1. The van der Waals surface area contributed by atoms with Crippen molar-refractivity contribution in [2.24, 2.45) is 0 Å². The van der Waals surface area contributed by atoms with Crippen LogP contribution in [0.25, 0.3) is 0 Å². The second kappa shape index (κ2) is 5.85. The van der Waals surface area contributed by atoms with E-state index in [0.29, 0.717) is 4.83 Å². The Labute approximate surface area is 122 Å². The van der Waals surface area contributed by atoms with Crippen LogP contribution in [-0.4, -0.2) is 16.8 Å². The van der Waals surface area contributed by atoms with Crippen molar-refractivity contribution in [1.29, 1.82) is 0 Å². The van der Waals surface area contributed by atoms with Gasteiger partial charge in [-0.05, 0) is 47.3 Å². The van der Waals surface area contributed by atoms with Crippen LogP contribution in [0.15, 0.2) is 9.85 Å². The number of carbonyl (C=O) groups is 1. The summed E-state index contributed by atoms with van der Waals surface area (Å²) in [7, 11) is 0. The first-order valence-corrected chi connectivity index (χ1v) is 8.31. The van der Waals surface area contributed by atoms with Crippen LogP contribution in [0.5, 0.6) is 0 Å². The van der Waals surface area contributed by atoms with Gasteiger partial charge in [0, 0.05) is 10.9 Å². The molecule has 0 radical (unpaired) electrons. The van der Waals surface area contributed by atoms with Crippen molar-refractivity contribution in [2.75, 3.05) is 0 Å². The molecule has 1 aromatic rings. The first-order chi connectivity index (χ1) is 8.08. The summed E-state index contributed by atoms with van der Waals surface area (Å²) in [6.07, 6.45) is 4.69. The van der Waals surface area contributed by atoms with Gasteiger partial charge in [0.05, 0.1) is 8.66 Å². The van der Waals surface area contributed by atoms with Gasteiger partial charge in [0.2, 0.25) is 0 Å². The molecule has 0 bridgehead atoms. The summed E-state index contributed by atoms with van der Waals surface area (Å²) >= 11 is 8.61. The van der Waals surface area contributed by atoms with E-state index in [1.54, 1.807) is 0 Å². The van der Waals surface area contributed by atoms with Gasteiger partial charge >= 0.3 is 0 Å². The maximum absolute atomic E-state index is 12.1. The maximum atomic E-state index is 12.1. The highest BCUT2D eigenvalue weighted by Crippen LogP contribution is 2.28. The number of amides is 1. The molecule has 1 aliphatic rings. The largest absolute Gasteiger partial charge is 0.347 e. The molecule has 1 amide bonds. The molecule has 2 unspecified atom stereocenters. The summed E-state index contributed by atoms with van der Waals surface area (Å²) in [5.74, 6) is 0.0557. The molecule has 17 heavy (non-hydrogen) atoms. The van der Waals surface area contributed by atoms with E-state index >= 15 is 0 Å². The van der Waals surface area contributed by atoms with Crippen molar-refractivity contribution in [3.05, 3.63) is 20.3 Å². The van der Waals surface area contributed by atoms with Crippen LogP contribution >= 0.6 is 43.2 Å². The normalized spacial score (nSPS) is 24.6. The van der Waals surface area contributed by atoms with Crippen LogP contribution in [-0.2, 0) is 0 Å². The Morgan fingerprint density at radius 2 is 2.18 bits per heavy atom. The van der Waals surface area contributed by atoms with Crippen molar-refractivity contribution in [3.8, 4) is 0 Å². The van der Waals surface area contributed by atoms with Gasteiger partial charge in [0.1, 0.15) is 0 Å². The predicted molar refractivity (Wildman–Crippen MR) is 79.2 cm³/mol. The Balaban J connectivity index is 2.01. The number of thiophene rings is 1. The molecule has 94 valence electrons. The third-order valence-corrected chi connectivity index (χ3v) is 6.31. The van der Waals surface area contributed by atoms with E-state index < -0.39 is 0 Å². The van der Waals surface area contributed by atoms with E-state index in [4.69, 9.17) is 0 Å². The maximum Gasteiger partial charge on any atom is 0.261 e. The summed E-state index contributed by atoms with van der Waals surface area (Å²) in [6.45, 7) is 2.01. The quantitative estimate of drug-likeness (QED) is 0.763. The molecule has 0 spiro atoms. The average molecular weight is 381 g/mol. The monoisotopic (exact) mass is 379 g/mol. The smallest absolute Gasteiger partial charge is 0.261 e.